The van der Waals surface area contributed by atoms with Crippen molar-refractivity contribution in [2.24, 2.45) is 11.8 Å². The molecule has 0 aliphatic carbocycles. The molecule has 0 aromatic heterocycles. The largest absolute Gasteiger partial charge is 0.314 e. The van der Waals surface area contributed by atoms with Gasteiger partial charge in [0.05, 0.1) is 4.47 Å². The summed E-state index contributed by atoms with van der Waals surface area (Å²) in [6.07, 6.45) is 0.411. The fourth-order valence-corrected chi connectivity index (χ4v) is 2.32. The van der Waals surface area contributed by atoms with Gasteiger partial charge in [0.15, 0.2) is 0 Å². The SMILES string of the molecule is CC(C)NCC(Cc1c(F)ccc(Br)c1F)C(C)C. The Morgan fingerprint density at radius 1 is 1.16 bits per heavy atom. The lowest BCUT2D eigenvalue weighted by atomic mass is 9.88. The van der Waals surface area contributed by atoms with Crippen molar-refractivity contribution in [3.63, 3.8) is 0 Å². The number of nitrogens with one attached hydrogen (secondary N) is 1. The first-order valence-corrected chi connectivity index (χ1v) is 7.48. The molecule has 0 fully saturated rings. The van der Waals surface area contributed by atoms with E-state index in [0.717, 1.165) is 6.54 Å². The highest BCUT2D eigenvalue weighted by molar-refractivity contribution is 9.10. The molecule has 0 aliphatic heterocycles. The number of rotatable bonds is 6. The molecule has 0 aliphatic rings. The second-order valence-electron chi connectivity index (χ2n) is 5.59. The minimum absolute atomic E-state index is 0.179. The molecule has 1 atom stereocenters. The second kappa shape index (κ2) is 7.34. The normalized spacial score (nSPS) is 13.3. The summed E-state index contributed by atoms with van der Waals surface area (Å²) in [6, 6.07) is 3.10. The predicted octanol–water partition coefficient (Wildman–Crippen LogP) is 4.54. The first kappa shape index (κ1) is 16.6. The molecule has 0 saturated carbocycles. The van der Waals surface area contributed by atoms with E-state index in [1.54, 1.807) is 0 Å². The Bertz CT molecular complexity index is 419. The van der Waals surface area contributed by atoms with E-state index in [4.69, 9.17) is 0 Å². The van der Waals surface area contributed by atoms with Gasteiger partial charge in [-0.05, 0) is 52.9 Å². The summed E-state index contributed by atoms with van der Waals surface area (Å²) < 4.78 is 28.1. The summed E-state index contributed by atoms with van der Waals surface area (Å²) in [6.45, 7) is 9.07. The average Bonchev–Trinajstić information content (AvgIpc) is 2.32. The highest BCUT2D eigenvalue weighted by Crippen LogP contribution is 2.26. The second-order valence-corrected chi connectivity index (χ2v) is 6.45. The summed E-state index contributed by atoms with van der Waals surface area (Å²) >= 11 is 3.11. The predicted molar refractivity (Wildman–Crippen MR) is 79.2 cm³/mol. The zero-order valence-corrected chi connectivity index (χ0v) is 13.5. The van der Waals surface area contributed by atoms with Crippen LogP contribution in [0.25, 0.3) is 0 Å². The number of halogens is 3. The molecule has 1 N–H and O–H groups in total. The van der Waals surface area contributed by atoms with Gasteiger partial charge in [0.25, 0.3) is 0 Å². The van der Waals surface area contributed by atoms with Crippen LogP contribution in [0.15, 0.2) is 16.6 Å². The van der Waals surface area contributed by atoms with Crippen LogP contribution < -0.4 is 5.32 Å². The first-order chi connectivity index (χ1) is 8.82. The van der Waals surface area contributed by atoms with Crippen molar-refractivity contribution in [1.82, 2.24) is 5.32 Å². The van der Waals surface area contributed by atoms with Gasteiger partial charge in [0.2, 0.25) is 0 Å². The zero-order valence-electron chi connectivity index (χ0n) is 11.9. The van der Waals surface area contributed by atoms with Gasteiger partial charge in [-0.2, -0.15) is 0 Å². The fraction of sp³-hybridized carbons (Fsp3) is 0.600. The minimum Gasteiger partial charge on any atom is -0.314 e. The zero-order chi connectivity index (χ0) is 14.6. The molecule has 1 aromatic rings. The van der Waals surface area contributed by atoms with Gasteiger partial charge in [0, 0.05) is 11.6 Å². The third-order valence-corrected chi connectivity index (χ3v) is 3.95. The Labute approximate surface area is 122 Å². The molecule has 1 nitrogen and oxygen atoms in total. The highest BCUT2D eigenvalue weighted by Gasteiger charge is 2.20. The highest BCUT2D eigenvalue weighted by atomic mass is 79.9. The molecule has 0 saturated heterocycles. The van der Waals surface area contributed by atoms with Gasteiger partial charge in [-0.3, -0.25) is 0 Å². The van der Waals surface area contributed by atoms with Crippen LogP contribution in [0, 0.1) is 23.5 Å². The lowest BCUT2D eigenvalue weighted by Crippen LogP contribution is -2.32. The first-order valence-electron chi connectivity index (χ1n) is 6.68. The average molecular weight is 334 g/mol. The van der Waals surface area contributed by atoms with Crippen LogP contribution in [0.2, 0.25) is 0 Å². The van der Waals surface area contributed by atoms with Crippen molar-refractivity contribution in [3.05, 3.63) is 33.8 Å². The van der Waals surface area contributed by atoms with Crippen molar-refractivity contribution in [2.75, 3.05) is 6.54 Å². The molecule has 0 spiro atoms. The molecule has 0 radical (unpaired) electrons. The molecular formula is C15H22BrF2N. The van der Waals surface area contributed by atoms with Gasteiger partial charge >= 0.3 is 0 Å². The van der Waals surface area contributed by atoms with Crippen molar-refractivity contribution < 1.29 is 8.78 Å². The molecule has 4 heteroatoms. The lowest BCUT2D eigenvalue weighted by Gasteiger charge is -2.23. The summed E-state index contributed by atoms with van der Waals surface area (Å²) in [7, 11) is 0. The van der Waals surface area contributed by atoms with Crippen LogP contribution in [0.1, 0.15) is 33.3 Å². The van der Waals surface area contributed by atoms with E-state index < -0.39 is 11.6 Å². The Balaban J connectivity index is 2.87. The van der Waals surface area contributed by atoms with Crippen LogP contribution in [0.3, 0.4) is 0 Å². The smallest absolute Gasteiger partial charge is 0.143 e. The van der Waals surface area contributed by atoms with Gasteiger partial charge in [-0.25, -0.2) is 8.78 Å². The third kappa shape index (κ3) is 4.84. The molecular weight excluding hydrogens is 312 g/mol. The summed E-state index contributed by atoms with van der Waals surface area (Å²) in [4.78, 5) is 0. The maximum absolute atomic E-state index is 14.0. The van der Waals surface area contributed by atoms with E-state index in [-0.39, 0.29) is 11.5 Å². The Morgan fingerprint density at radius 3 is 2.32 bits per heavy atom. The van der Waals surface area contributed by atoms with E-state index >= 15 is 0 Å². The summed E-state index contributed by atoms with van der Waals surface area (Å²) in [5.74, 6) is -0.365. The molecule has 1 rings (SSSR count). The summed E-state index contributed by atoms with van der Waals surface area (Å²) in [5.41, 5.74) is 0.179. The van der Waals surface area contributed by atoms with Crippen LogP contribution in [0.4, 0.5) is 8.78 Å². The van der Waals surface area contributed by atoms with E-state index in [9.17, 15) is 8.78 Å². The van der Waals surface area contributed by atoms with E-state index in [1.807, 2.05) is 0 Å². The number of benzene rings is 1. The van der Waals surface area contributed by atoms with E-state index in [1.165, 1.54) is 12.1 Å². The standard InChI is InChI=1S/C15H22BrF2N/c1-9(2)11(8-19-10(3)4)7-12-14(17)6-5-13(16)15(12)18/h5-6,9-11,19H,7-8H2,1-4H3. The molecule has 108 valence electrons. The summed E-state index contributed by atoms with van der Waals surface area (Å²) in [5, 5.41) is 3.34. The number of hydrogen-bond acceptors (Lipinski definition) is 1. The quantitative estimate of drug-likeness (QED) is 0.753. The minimum atomic E-state index is -0.477. The van der Waals surface area contributed by atoms with Crippen LogP contribution in [0.5, 0.6) is 0 Å². The van der Waals surface area contributed by atoms with E-state index in [0.29, 0.717) is 22.9 Å². The molecule has 1 aromatic carbocycles. The molecule has 0 amide bonds. The lowest BCUT2D eigenvalue weighted by molar-refractivity contribution is 0.340. The van der Waals surface area contributed by atoms with Crippen LogP contribution in [-0.2, 0) is 6.42 Å². The monoisotopic (exact) mass is 333 g/mol. The third-order valence-electron chi connectivity index (χ3n) is 3.34. The Kier molecular flexibility index (Phi) is 6.40. The van der Waals surface area contributed by atoms with Crippen LogP contribution >= 0.6 is 15.9 Å². The van der Waals surface area contributed by atoms with Gasteiger partial charge < -0.3 is 5.32 Å². The molecule has 0 bridgehead atoms. The Morgan fingerprint density at radius 2 is 1.79 bits per heavy atom. The maximum atomic E-state index is 14.0. The maximum Gasteiger partial charge on any atom is 0.143 e. The molecule has 1 unspecified atom stereocenters. The van der Waals surface area contributed by atoms with Crippen LogP contribution in [-0.4, -0.2) is 12.6 Å². The van der Waals surface area contributed by atoms with Crippen molar-refractivity contribution in [2.45, 2.75) is 40.2 Å². The molecule has 0 heterocycles. The fourth-order valence-electron chi connectivity index (χ4n) is 1.95. The van der Waals surface area contributed by atoms with Gasteiger partial charge in [-0.15, -0.1) is 0 Å². The van der Waals surface area contributed by atoms with E-state index in [2.05, 4.69) is 48.9 Å². The van der Waals surface area contributed by atoms with Crippen molar-refractivity contribution in [3.8, 4) is 0 Å². The van der Waals surface area contributed by atoms with Crippen molar-refractivity contribution in [1.29, 1.82) is 0 Å². The number of hydrogen-bond donors (Lipinski definition) is 1. The van der Waals surface area contributed by atoms with Gasteiger partial charge in [0.1, 0.15) is 11.6 Å². The Hall–Kier alpha value is -0.480. The van der Waals surface area contributed by atoms with Gasteiger partial charge in [-0.1, -0.05) is 27.7 Å². The topological polar surface area (TPSA) is 12.0 Å². The van der Waals surface area contributed by atoms with Crippen molar-refractivity contribution >= 4 is 15.9 Å². The molecule has 19 heavy (non-hydrogen) atoms.